The van der Waals surface area contributed by atoms with Gasteiger partial charge in [0.1, 0.15) is 11.8 Å². The van der Waals surface area contributed by atoms with E-state index in [4.69, 9.17) is 4.74 Å². The van der Waals surface area contributed by atoms with Crippen LogP contribution in [0.15, 0.2) is 53.4 Å². The Kier molecular flexibility index (Phi) is 8.10. The number of nitrogens with one attached hydrogen (secondary N) is 2. The van der Waals surface area contributed by atoms with Crippen molar-refractivity contribution in [2.75, 3.05) is 25.5 Å². The second-order valence-electron chi connectivity index (χ2n) is 8.41. The molecular formula is C24H31N3O5S. The quantitative estimate of drug-likeness (QED) is 0.612. The summed E-state index contributed by atoms with van der Waals surface area (Å²) in [4.78, 5) is 25.8. The van der Waals surface area contributed by atoms with Crippen molar-refractivity contribution in [1.82, 2.24) is 9.62 Å². The third-order valence-electron chi connectivity index (χ3n) is 5.64. The third kappa shape index (κ3) is 6.11. The number of piperidine rings is 1. The molecule has 1 aliphatic rings. The number of amides is 2. The summed E-state index contributed by atoms with van der Waals surface area (Å²) in [7, 11) is -2.07. The molecule has 1 aliphatic heterocycles. The molecule has 1 atom stereocenters. The monoisotopic (exact) mass is 473 g/mol. The number of ether oxygens (including phenoxy) is 1. The zero-order chi connectivity index (χ0) is 24.0. The Hall–Kier alpha value is -2.91. The Bertz CT molecular complexity index is 1080. The van der Waals surface area contributed by atoms with E-state index in [0.717, 1.165) is 19.3 Å². The van der Waals surface area contributed by atoms with Crippen molar-refractivity contribution >= 4 is 27.5 Å². The second-order valence-corrected chi connectivity index (χ2v) is 10.3. The molecule has 1 fully saturated rings. The lowest BCUT2D eigenvalue weighted by Gasteiger charge is -2.26. The summed E-state index contributed by atoms with van der Waals surface area (Å²) in [6.45, 7) is 4.67. The van der Waals surface area contributed by atoms with E-state index in [9.17, 15) is 18.0 Å². The third-order valence-corrected chi connectivity index (χ3v) is 7.54. The van der Waals surface area contributed by atoms with Crippen molar-refractivity contribution < 1.29 is 22.7 Å². The first-order valence-electron chi connectivity index (χ1n) is 11.1. The second kappa shape index (κ2) is 10.8. The Morgan fingerprint density at radius 3 is 2.27 bits per heavy atom. The topological polar surface area (TPSA) is 105 Å². The van der Waals surface area contributed by atoms with E-state index in [0.29, 0.717) is 30.1 Å². The molecule has 9 heteroatoms. The van der Waals surface area contributed by atoms with Gasteiger partial charge in [0.05, 0.1) is 12.0 Å². The van der Waals surface area contributed by atoms with Gasteiger partial charge >= 0.3 is 0 Å². The molecule has 0 aliphatic carbocycles. The average molecular weight is 474 g/mol. The van der Waals surface area contributed by atoms with Crippen molar-refractivity contribution in [3.8, 4) is 5.75 Å². The maximum atomic E-state index is 13.0. The molecule has 1 saturated heterocycles. The van der Waals surface area contributed by atoms with E-state index in [-0.39, 0.29) is 16.7 Å². The molecule has 1 heterocycles. The molecule has 178 valence electrons. The standard InChI is InChI=1S/C24H31N3O5S/c1-17(2)22(26-23(28)18-10-12-20(32-3)13-11-18)24(29)25-19-8-7-9-21(16-19)33(30,31)27-14-5-4-6-15-27/h7-13,16-17,22H,4-6,14-15H2,1-3H3,(H,25,29)(H,26,28)/t22-/m1/s1. The molecule has 0 bridgehead atoms. The molecule has 0 aromatic heterocycles. The summed E-state index contributed by atoms with van der Waals surface area (Å²) >= 11 is 0. The summed E-state index contributed by atoms with van der Waals surface area (Å²) in [5.41, 5.74) is 0.770. The fourth-order valence-electron chi connectivity index (χ4n) is 3.71. The van der Waals surface area contributed by atoms with Gasteiger partial charge < -0.3 is 15.4 Å². The van der Waals surface area contributed by atoms with Crippen molar-refractivity contribution in [2.24, 2.45) is 5.92 Å². The number of carbonyl (C=O) groups is 2. The van der Waals surface area contributed by atoms with Crippen LogP contribution in [-0.4, -0.2) is 50.8 Å². The van der Waals surface area contributed by atoms with E-state index in [1.807, 2.05) is 13.8 Å². The normalized spacial score (nSPS) is 15.6. The first kappa shape index (κ1) is 24.7. The van der Waals surface area contributed by atoms with Crippen molar-refractivity contribution in [3.63, 3.8) is 0 Å². The number of benzene rings is 2. The average Bonchev–Trinajstić information content (AvgIpc) is 2.82. The van der Waals surface area contributed by atoms with E-state index in [2.05, 4.69) is 10.6 Å². The molecule has 33 heavy (non-hydrogen) atoms. The number of rotatable bonds is 8. The molecule has 2 aromatic carbocycles. The highest BCUT2D eigenvalue weighted by atomic mass is 32.2. The van der Waals surface area contributed by atoms with Gasteiger partial charge in [-0.3, -0.25) is 9.59 Å². The van der Waals surface area contributed by atoms with Crippen LogP contribution in [0.4, 0.5) is 5.69 Å². The zero-order valence-corrected chi connectivity index (χ0v) is 20.0. The minimum absolute atomic E-state index is 0.144. The van der Waals surface area contributed by atoms with Crippen molar-refractivity contribution in [1.29, 1.82) is 0 Å². The number of carbonyl (C=O) groups excluding carboxylic acids is 2. The summed E-state index contributed by atoms with van der Waals surface area (Å²) in [6, 6.07) is 12.0. The van der Waals surface area contributed by atoms with Crippen LogP contribution in [0.5, 0.6) is 5.75 Å². The van der Waals surface area contributed by atoms with Gasteiger partial charge in [0, 0.05) is 24.3 Å². The minimum Gasteiger partial charge on any atom is -0.497 e. The van der Waals surface area contributed by atoms with Crippen molar-refractivity contribution in [3.05, 3.63) is 54.1 Å². The molecule has 2 N–H and O–H groups in total. The number of sulfonamides is 1. The molecule has 2 amide bonds. The highest BCUT2D eigenvalue weighted by molar-refractivity contribution is 7.89. The van der Waals surface area contributed by atoms with Gasteiger partial charge in [-0.25, -0.2) is 8.42 Å². The first-order chi connectivity index (χ1) is 15.7. The van der Waals surface area contributed by atoms with Crippen LogP contribution in [0.1, 0.15) is 43.5 Å². The SMILES string of the molecule is COc1ccc(C(=O)N[C@@H](C(=O)Nc2cccc(S(=O)(=O)N3CCCCC3)c2)C(C)C)cc1. The van der Waals surface area contributed by atoms with Crippen LogP contribution < -0.4 is 15.4 Å². The van der Waals surface area contributed by atoms with Crippen LogP contribution in [0.3, 0.4) is 0 Å². The predicted octanol–water partition coefficient (Wildman–Crippen LogP) is 3.26. The smallest absolute Gasteiger partial charge is 0.251 e. The lowest BCUT2D eigenvalue weighted by molar-refractivity contribution is -0.118. The molecule has 0 unspecified atom stereocenters. The molecule has 2 aromatic rings. The Morgan fingerprint density at radius 1 is 1.00 bits per heavy atom. The first-order valence-corrected chi connectivity index (χ1v) is 12.5. The number of hydrogen-bond acceptors (Lipinski definition) is 5. The van der Waals surface area contributed by atoms with Gasteiger partial charge in [0.2, 0.25) is 15.9 Å². The number of nitrogens with zero attached hydrogens (tertiary/aromatic N) is 1. The summed E-state index contributed by atoms with van der Waals surface area (Å²) in [5, 5.41) is 5.53. The van der Waals surface area contributed by atoms with E-state index < -0.39 is 22.0 Å². The van der Waals surface area contributed by atoms with Crippen LogP contribution in [0, 0.1) is 5.92 Å². The minimum atomic E-state index is -3.62. The molecule has 0 radical (unpaired) electrons. The van der Waals surface area contributed by atoms with E-state index in [1.165, 1.54) is 16.4 Å². The van der Waals surface area contributed by atoms with Crippen LogP contribution in [0.25, 0.3) is 0 Å². The molecule has 8 nitrogen and oxygen atoms in total. The predicted molar refractivity (Wildman–Crippen MR) is 127 cm³/mol. The Balaban J connectivity index is 1.72. The largest absolute Gasteiger partial charge is 0.497 e. The highest BCUT2D eigenvalue weighted by Crippen LogP contribution is 2.23. The number of hydrogen-bond donors (Lipinski definition) is 2. The molecule has 3 rings (SSSR count). The van der Waals surface area contributed by atoms with Crippen molar-refractivity contribution in [2.45, 2.75) is 44.0 Å². The maximum Gasteiger partial charge on any atom is 0.251 e. The van der Waals surface area contributed by atoms with E-state index in [1.54, 1.807) is 43.5 Å². The van der Waals surface area contributed by atoms with Gasteiger partial charge in [0.15, 0.2) is 0 Å². The lowest BCUT2D eigenvalue weighted by atomic mass is 10.0. The number of anilines is 1. The Morgan fingerprint density at radius 2 is 1.67 bits per heavy atom. The van der Waals surface area contributed by atoms with Crippen LogP contribution >= 0.6 is 0 Å². The van der Waals surface area contributed by atoms with E-state index >= 15 is 0 Å². The molecular weight excluding hydrogens is 442 g/mol. The zero-order valence-electron chi connectivity index (χ0n) is 19.2. The fraction of sp³-hybridized carbons (Fsp3) is 0.417. The van der Waals surface area contributed by atoms with Gasteiger partial charge in [0.25, 0.3) is 5.91 Å². The number of methoxy groups -OCH3 is 1. The van der Waals surface area contributed by atoms with Gasteiger partial charge in [-0.2, -0.15) is 4.31 Å². The molecule has 0 spiro atoms. The van der Waals surface area contributed by atoms with Gasteiger partial charge in [-0.1, -0.05) is 26.3 Å². The highest BCUT2D eigenvalue weighted by Gasteiger charge is 2.28. The summed E-state index contributed by atoms with van der Waals surface area (Å²) in [5.74, 6) is -0.358. The maximum absolute atomic E-state index is 13.0. The summed E-state index contributed by atoms with van der Waals surface area (Å²) < 4.78 is 32.5. The Labute approximate surface area is 195 Å². The van der Waals surface area contributed by atoms with Crippen LogP contribution in [-0.2, 0) is 14.8 Å². The fourth-order valence-corrected chi connectivity index (χ4v) is 5.27. The molecule has 0 saturated carbocycles. The van der Waals surface area contributed by atoms with Crippen LogP contribution in [0.2, 0.25) is 0 Å². The van der Waals surface area contributed by atoms with Gasteiger partial charge in [-0.15, -0.1) is 0 Å². The van der Waals surface area contributed by atoms with Gasteiger partial charge in [-0.05, 0) is 61.2 Å². The summed E-state index contributed by atoms with van der Waals surface area (Å²) in [6.07, 6.45) is 2.72. The lowest BCUT2D eigenvalue weighted by Crippen LogP contribution is -2.47.